The maximum Gasteiger partial charge on any atom is 0.262 e. The molecule has 0 radical (unpaired) electrons. The van der Waals surface area contributed by atoms with Crippen molar-refractivity contribution in [1.82, 2.24) is 5.48 Å². The minimum atomic E-state index is -3.09. The maximum absolute atomic E-state index is 14.1. The van der Waals surface area contributed by atoms with Gasteiger partial charge >= 0.3 is 0 Å². The summed E-state index contributed by atoms with van der Waals surface area (Å²) in [6.45, 7) is 0.923. The van der Waals surface area contributed by atoms with E-state index >= 15 is 0 Å². The Kier molecular flexibility index (Phi) is 7.54. The van der Waals surface area contributed by atoms with Crippen LogP contribution in [0.4, 0.5) is 4.39 Å². The quantitative estimate of drug-likeness (QED) is 0.276. The number of hydrogen-bond donors (Lipinski definition) is 2. The molecule has 1 aliphatic heterocycles. The SMILES string of the molecule is C=S(=O)(c1ccc(OCCc2cccc(-c3ccccc3F)c2)cc1)C1(C(=O)NO)CCOCC1. The van der Waals surface area contributed by atoms with Crippen molar-refractivity contribution in [3.05, 3.63) is 84.2 Å². The molecule has 1 amide bonds. The summed E-state index contributed by atoms with van der Waals surface area (Å²) in [5.74, 6) is 3.52. The molecule has 6 nitrogen and oxygen atoms in total. The second-order valence-electron chi connectivity index (χ2n) is 8.47. The molecule has 1 saturated heterocycles. The first-order valence-corrected chi connectivity index (χ1v) is 13.1. The summed E-state index contributed by atoms with van der Waals surface area (Å²) < 4.78 is 37.7. The Morgan fingerprint density at radius 3 is 2.49 bits per heavy atom. The van der Waals surface area contributed by atoms with Crippen LogP contribution < -0.4 is 10.2 Å². The van der Waals surface area contributed by atoms with Gasteiger partial charge in [-0.1, -0.05) is 42.5 Å². The number of carbonyl (C=O) groups excluding carboxylic acids is 1. The van der Waals surface area contributed by atoms with Crippen LogP contribution in [-0.4, -0.2) is 45.8 Å². The van der Waals surface area contributed by atoms with Crippen LogP contribution in [0.3, 0.4) is 0 Å². The monoisotopic (exact) mass is 497 g/mol. The van der Waals surface area contributed by atoms with Gasteiger partial charge in [0.2, 0.25) is 0 Å². The van der Waals surface area contributed by atoms with Crippen molar-refractivity contribution in [1.29, 1.82) is 0 Å². The van der Waals surface area contributed by atoms with Crippen LogP contribution in [0.1, 0.15) is 18.4 Å². The normalized spacial score (nSPS) is 16.7. The van der Waals surface area contributed by atoms with Crippen LogP contribution in [0.15, 0.2) is 77.7 Å². The number of hydroxylamine groups is 1. The fourth-order valence-corrected chi connectivity index (χ4v) is 6.57. The number of amides is 1. The van der Waals surface area contributed by atoms with Crippen LogP contribution in [0.5, 0.6) is 5.75 Å². The highest BCUT2D eigenvalue weighted by Gasteiger charge is 2.48. The molecule has 1 aliphatic rings. The van der Waals surface area contributed by atoms with E-state index < -0.39 is 20.2 Å². The Morgan fingerprint density at radius 2 is 1.80 bits per heavy atom. The molecule has 0 aromatic heterocycles. The second kappa shape index (κ2) is 10.6. The lowest BCUT2D eigenvalue weighted by molar-refractivity contribution is -0.134. The number of carbonyl (C=O) groups is 1. The summed E-state index contributed by atoms with van der Waals surface area (Å²) in [5.41, 5.74) is 4.04. The van der Waals surface area contributed by atoms with Gasteiger partial charge in [0.25, 0.3) is 5.91 Å². The smallest absolute Gasteiger partial charge is 0.262 e. The second-order valence-corrected chi connectivity index (χ2v) is 11.1. The minimum absolute atomic E-state index is 0.200. The number of nitrogens with one attached hydrogen (secondary N) is 1. The molecule has 1 unspecified atom stereocenters. The summed E-state index contributed by atoms with van der Waals surface area (Å²) in [7, 11) is -3.09. The van der Waals surface area contributed by atoms with Crippen molar-refractivity contribution in [3.63, 3.8) is 0 Å². The fraction of sp³-hybridized carbons (Fsp3) is 0.259. The molecule has 8 heteroatoms. The fourth-order valence-electron chi connectivity index (χ4n) is 4.37. The molecule has 4 rings (SSSR count). The van der Waals surface area contributed by atoms with E-state index in [1.165, 1.54) is 6.07 Å². The lowest BCUT2D eigenvalue weighted by Gasteiger charge is -2.37. The van der Waals surface area contributed by atoms with E-state index in [-0.39, 0.29) is 31.9 Å². The van der Waals surface area contributed by atoms with Gasteiger partial charge < -0.3 is 9.47 Å². The van der Waals surface area contributed by atoms with Gasteiger partial charge in [-0.25, -0.2) is 9.87 Å². The largest absolute Gasteiger partial charge is 0.493 e. The molecule has 1 heterocycles. The molecule has 1 fully saturated rings. The molecule has 2 N–H and O–H groups in total. The van der Waals surface area contributed by atoms with Gasteiger partial charge in [0, 0.05) is 39.6 Å². The summed E-state index contributed by atoms with van der Waals surface area (Å²) in [6, 6.07) is 21.0. The zero-order valence-corrected chi connectivity index (χ0v) is 20.1. The summed E-state index contributed by atoms with van der Waals surface area (Å²) in [5, 5.41) is 9.26. The third kappa shape index (κ3) is 5.10. The van der Waals surface area contributed by atoms with Gasteiger partial charge in [0.05, 0.1) is 6.61 Å². The van der Waals surface area contributed by atoms with Crippen LogP contribution >= 0.6 is 0 Å². The van der Waals surface area contributed by atoms with E-state index in [1.54, 1.807) is 41.9 Å². The van der Waals surface area contributed by atoms with E-state index in [2.05, 4.69) is 5.87 Å². The summed E-state index contributed by atoms with van der Waals surface area (Å²) in [4.78, 5) is 12.9. The van der Waals surface area contributed by atoms with Crippen LogP contribution in [0.25, 0.3) is 11.1 Å². The first-order valence-electron chi connectivity index (χ1n) is 11.3. The Labute approximate surface area is 204 Å². The highest BCUT2D eigenvalue weighted by atomic mass is 32.2. The Morgan fingerprint density at radius 1 is 1.09 bits per heavy atom. The highest BCUT2D eigenvalue weighted by Crippen LogP contribution is 2.36. The molecule has 3 aromatic carbocycles. The van der Waals surface area contributed by atoms with Gasteiger partial charge in [0.1, 0.15) is 16.3 Å². The number of ether oxygens (including phenoxy) is 2. The molecule has 0 aliphatic carbocycles. The van der Waals surface area contributed by atoms with Crippen molar-refractivity contribution in [2.75, 3.05) is 19.8 Å². The van der Waals surface area contributed by atoms with Crippen molar-refractivity contribution >= 4 is 21.3 Å². The molecular formula is C27H28FNO5S. The van der Waals surface area contributed by atoms with Crippen LogP contribution in [0, 0.1) is 5.82 Å². The van der Waals surface area contributed by atoms with E-state index in [9.17, 15) is 18.6 Å². The van der Waals surface area contributed by atoms with Crippen molar-refractivity contribution in [3.8, 4) is 16.9 Å². The molecule has 35 heavy (non-hydrogen) atoms. The highest BCUT2D eigenvalue weighted by molar-refractivity contribution is 8.02. The van der Waals surface area contributed by atoms with Crippen LogP contribution in [-0.2, 0) is 25.5 Å². The predicted molar refractivity (Wildman–Crippen MR) is 134 cm³/mol. The lowest BCUT2D eigenvalue weighted by atomic mass is 9.98. The molecule has 184 valence electrons. The minimum Gasteiger partial charge on any atom is -0.493 e. The van der Waals surface area contributed by atoms with Gasteiger partial charge in [-0.15, -0.1) is 0 Å². The van der Waals surface area contributed by atoms with E-state index in [0.717, 1.165) is 11.1 Å². The number of benzene rings is 3. The lowest BCUT2D eigenvalue weighted by Crippen LogP contribution is -2.54. The average Bonchev–Trinajstić information content (AvgIpc) is 2.89. The van der Waals surface area contributed by atoms with Gasteiger partial charge in [0.15, 0.2) is 0 Å². The number of hydrogen-bond acceptors (Lipinski definition) is 5. The standard InChI is InChI=1S/C27H28FNO5S/c1-35(32,27(26(30)29-31)14-17-33-18-15-27)23-11-9-22(10-12-23)34-16-13-20-5-4-6-21(19-20)24-7-2-3-8-25(24)28/h2-12,19,31H,1,13-18H2,(H,29,30). The molecule has 1 atom stereocenters. The Hall–Kier alpha value is -3.20. The van der Waals surface area contributed by atoms with Crippen molar-refractivity contribution in [2.24, 2.45) is 0 Å². The number of rotatable bonds is 8. The zero-order valence-electron chi connectivity index (χ0n) is 19.2. The number of halogens is 1. The molecule has 3 aromatic rings. The van der Waals surface area contributed by atoms with E-state index in [1.807, 2.05) is 30.3 Å². The maximum atomic E-state index is 14.1. The summed E-state index contributed by atoms with van der Waals surface area (Å²) in [6.07, 6.45) is 1.02. The topological polar surface area (TPSA) is 84.9 Å². The summed E-state index contributed by atoms with van der Waals surface area (Å²) >= 11 is 0. The van der Waals surface area contributed by atoms with E-state index in [0.29, 0.717) is 29.2 Å². The van der Waals surface area contributed by atoms with Crippen molar-refractivity contribution in [2.45, 2.75) is 28.9 Å². The molecule has 0 spiro atoms. The van der Waals surface area contributed by atoms with Gasteiger partial charge in [-0.3, -0.25) is 14.2 Å². The third-order valence-corrected chi connectivity index (χ3v) is 9.31. The van der Waals surface area contributed by atoms with E-state index in [4.69, 9.17) is 9.47 Å². The van der Waals surface area contributed by atoms with Crippen LogP contribution in [0.2, 0.25) is 0 Å². The molecule has 0 saturated carbocycles. The first kappa shape index (κ1) is 24.9. The Balaban J connectivity index is 1.43. The third-order valence-electron chi connectivity index (χ3n) is 6.42. The first-order chi connectivity index (χ1) is 16.9. The Bertz CT molecular complexity index is 1280. The van der Waals surface area contributed by atoms with Crippen molar-refractivity contribution < 1.29 is 28.1 Å². The van der Waals surface area contributed by atoms with Gasteiger partial charge in [-0.05, 0) is 60.2 Å². The molecule has 0 bridgehead atoms. The molecular weight excluding hydrogens is 469 g/mol. The zero-order chi connectivity index (χ0) is 24.9. The average molecular weight is 498 g/mol. The predicted octanol–water partition coefficient (Wildman–Crippen LogP) is 4.24. The van der Waals surface area contributed by atoms with Gasteiger partial charge in [-0.2, -0.15) is 0 Å².